The lowest BCUT2D eigenvalue weighted by molar-refractivity contribution is 0.657. The lowest BCUT2D eigenvalue weighted by atomic mass is 9.68. The number of nitrogens with zero attached hydrogens (tertiary/aromatic N) is 1. The Balaban J connectivity index is 0.743. The molecule has 26 rings (SSSR count). The van der Waals surface area contributed by atoms with Gasteiger partial charge in [-0.25, -0.2) is 0 Å². The zero-order valence-electron chi connectivity index (χ0n) is 61.9. The Morgan fingerprint density at radius 1 is 0.214 bits per heavy atom. The van der Waals surface area contributed by atoms with Crippen molar-refractivity contribution in [1.82, 2.24) is 0 Å². The number of furan rings is 3. The molecule has 6 aliphatic carbocycles. The van der Waals surface area contributed by atoms with Gasteiger partial charge >= 0.3 is 0 Å². The van der Waals surface area contributed by atoms with E-state index in [1.54, 1.807) is 0 Å². The molecule has 0 aliphatic heterocycles. The number of rotatable bonds is 5. The van der Waals surface area contributed by atoms with Crippen molar-refractivity contribution in [3.8, 4) is 89.0 Å². The third-order valence-electron chi connectivity index (χ3n) is 27.3. The summed E-state index contributed by atoms with van der Waals surface area (Å²) in [5.74, 6) is 0. The Labute approximate surface area is 646 Å². The van der Waals surface area contributed by atoms with Crippen LogP contribution in [0.25, 0.3) is 166 Å². The van der Waals surface area contributed by atoms with Gasteiger partial charge in [0.05, 0.1) is 10.8 Å². The van der Waals surface area contributed by atoms with E-state index in [4.69, 9.17) is 13.3 Å². The maximum atomic E-state index is 7.16. The van der Waals surface area contributed by atoms with E-state index in [9.17, 15) is 0 Å². The van der Waals surface area contributed by atoms with Crippen LogP contribution < -0.4 is 4.90 Å². The summed E-state index contributed by atoms with van der Waals surface area (Å²) in [7, 11) is 0. The summed E-state index contributed by atoms with van der Waals surface area (Å²) in [4.78, 5) is 2.60. The highest BCUT2D eigenvalue weighted by Crippen LogP contribution is 2.70. The molecule has 2 spiro atoms. The third-order valence-corrected chi connectivity index (χ3v) is 27.3. The second kappa shape index (κ2) is 21.2. The second-order valence-electron chi connectivity index (χ2n) is 33.1. The number of fused-ring (bicyclic) bond motifs is 39. The van der Waals surface area contributed by atoms with Crippen LogP contribution in [-0.4, -0.2) is 0 Å². The molecule has 0 saturated heterocycles. The standard InChI is InChI=1S/C108H67NO3/c1-105(2)86-53-62(46-49-72(86)97-91(105)56-77(61-25-6-5-7-26-61)103-101(97)75-35-15-22-43-94(75)111-103)109(63-47-50-73-87(54-63)106(3,4)92-58-79(66-37-24-28-60-27-8-9-29-65(60)66)104-102(98(73)92)76-36-16-23-44-95(76)112-104)64-45-48-71-78-57-90-80(59-89(78)108(88(71)55-64)83-40-19-12-32-69(83)70-33-13-20-41-84(70)108)99-85(51-52-96-100(99)74-34-14-21-42-93(74)110-96)107(90)81-38-17-10-30-67(81)68-31-11-18-39-82(68)107/h5-59H,1-4H3. The topological polar surface area (TPSA) is 42.7 Å². The van der Waals surface area contributed by atoms with Crippen molar-refractivity contribution >= 4 is 93.7 Å². The molecule has 0 N–H and O–H groups in total. The van der Waals surface area contributed by atoms with Crippen LogP contribution in [0.15, 0.2) is 347 Å². The Morgan fingerprint density at radius 2 is 0.598 bits per heavy atom. The van der Waals surface area contributed by atoms with Crippen LogP contribution in [0.1, 0.15) is 94.5 Å². The first kappa shape index (κ1) is 61.1. The summed E-state index contributed by atoms with van der Waals surface area (Å²) in [5, 5.41) is 9.27. The van der Waals surface area contributed by atoms with Gasteiger partial charge in [-0.2, -0.15) is 0 Å². The fraction of sp³-hybridized carbons (Fsp3) is 0.0741. The summed E-state index contributed by atoms with van der Waals surface area (Å²) in [6.07, 6.45) is 0. The van der Waals surface area contributed by atoms with Gasteiger partial charge in [-0.05, 0) is 240 Å². The molecule has 4 heteroatoms. The van der Waals surface area contributed by atoms with Crippen LogP contribution in [-0.2, 0) is 21.7 Å². The SMILES string of the molecule is CC1(C)c2cc(N(c3ccc4c(c3)C(C)(C)c3cc(-c5cccc6ccccc56)c5oc6ccccc6c5c3-4)c3ccc4c(c3)C3(c5ccccc5-c5ccccc53)c3cc5c(cc3-4)C3(c4ccccc4-c4ccccc43)c3ccc4oc6ccccc6c4c3-5)ccc2-c2c1cc(-c1ccccc1)c1oc3ccccc3c21. The maximum absolute atomic E-state index is 7.16. The van der Waals surface area contributed by atoms with Crippen LogP contribution >= 0.6 is 0 Å². The average molecular weight is 1430 g/mol. The van der Waals surface area contributed by atoms with E-state index in [-0.39, 0.29) is 0 Å². The van der Waals surface area contributed by atoms with Gasteiger partial charge < -0.3 is 18.2 Å². The first-order valence-electron chi connectivity index (χ1n) is 39.4. The average Bonchev–Trinajstić information content (AvgIpc) is 1.48. The highest BCUT2D eigenvalue weighted by atomic mass is 16.3. The summed E-state index contributed by atoms with van der Waals surface area (Å²) in [5.41, 5.74) is 41.4. The number of hydrogen-bond acceptors (Lipinski definition) is 4. The summed E-state index contributed by atoms with van der Waals surface area (Å²) >= 11 is 0. The molecule has 3 heterocycles. The highest BCUT2D eigenvalue weighted by Gasteiger charge is 2.57. The molecular formula is C108H67NO3. The molecule has 522 valence electrons. The molecule has 20 aromatic rings. The maximum Gasteiger partial charge on any atom is 0.143 e. The molecule has 0 unspecified atom stereocenters. The van der Waals surface area contributed by atoms with Gasteiger partial charge in [-0.15, -0.1) is 0 Å². The Hall–Kier alpha value is -13.8. The van der Waals surface area contributed by atoms with Crippen LogP contribution in [0.3, 0.4) is 0 Å². The minimum absolute atomic E-state index is 0.434. The molecule has 6 aliphatic rings. The molecule has 0 atom stereocenters. The molecule has 0 fully saturated rings. The minimum Gasteiger partial charge on any atom is -0.456 e. The fourth-order valence-corrected chi connectivity index (χ4v) is 22.6. The number of benzene rings is 17. The Morgan fingerprint density at radius 3 is 1.17 bits per heavy atom. The summed E-state index contributed by atoms with van der Waals surface area (Å²) in [6, 6.07) is 126. The van der Waals surface area contributed by atoms with Gasteiger partial charge in [0, 0.05) is 71.3 Å². The van der Waals surface area contributed by atoms with Crippen molar-refractivity contribution in [1.29, 1.82) is 0 Å². The van der Waals surface area contributed by atoms with Gasteiger partial charge in [0.1, 0.15) is 33.5 Å². The van der Waals surface area contributed by atoms with Crippen molar-refractivity contribution in [3.63, 3.8) is 0 Å². The van der Waals surface area contributed by atoms with E-state index < -0.39 is 21.7 Å². The number of anilines is 3. The molecule has 0 bridgehead atoms. The monoisotopic (exact) mass is 1430 g/mol. The molecule has 0 amide bonds. The predicted octanol–water partition coefficient (Wildman–Crippen LogP) is 28.6. The highest BCUT2D eigenvalue weighted by molar-refractivity contribution is 6.22. The van der Waals surface area contributed by atoms with Crippen molar-refractivity contribution in [2.75, 3.05) is 4.90 Å². The van der Waals surface area contributed by atoms with Crippen LogP contribution in [0, 0.1) is 0 Å². The van der Waals surface area contributed by atoms with E-state index in [2.05, 4.69) is 366 Å². The predicted molar refractivity (Wildman–Crippen MR) is 459 cm³/mol. The van der Waals surface area contributed by atoms with Crippen molar-refractivity contribution < 1.29 is 13.3 Å². The smallest absolute Gasteiger partial charge is 0.143 e. The van der Waals surface area contributed by atoms with E-state index in [1.165, 1.54) is 150 Å². The van der Waals surface area contributed by atoms with Crippen molar-refractivity contribution in [3.05, 3.63) is 400 Å². The van der Waals surface area contributed by atoms with Crippen molar-refractivity contribution in [2.45, 2.75) is 49.4 Å². The van der Waals surface area contributed by atoms with Gasteiger partial charge in [-0.3, -0.25) is 0 Å². The second-order valence-corrected chi connectivity index (χ2v) is 33.1. The van der Waals surface area contributed by atoms with E-state index in [0.717, 1.165) is 99.6 Å². The van der Waals surface area contributed by atoms with E-state index >= 15 is 0 Å². The normalized spacial score (nSPS) is 15.1. The van der Waals surface area contributed by atoms with Gasteiger partial charge in [0.2, 0.25) is 0 Å². The summed E-state index contributed by atoms with van der Waals surface area (Å²) in [6.45, 7) is 9.76. The molecule has 3 aromatic heterocycles. The summed E-state index contributed by atoms with van der Waals surface area (Å²) < 4.78 is 21.1. The lowest BCUT2D eigenvalue weighted by Crippen LogP contribution is -2.27. The van der Waals surface area contributed by atoms with E-state index in [0.29, 0.717) is 0 Å². The molecule has 4 nitrogen and oxygen atoms in total. The number of para-hydroxylation sites is 3. The quantitative estimate of drug-likeness (QED) is 0.172. The molecule has 112 heavy (non-hydrogen) atoms. The van der Waals surface area contributed by atoms with Crippen molar-refractivity contribution in [2.24, 2.45) is 0 Å². The largest absolute Gasteiger partial charge is 0.456 e. The lowest BCUT2D eigenvalue weighted by Gasteiger charge is -2.33. The Bertz CT molecular complexity index is 7620. The fourth-order valence-electron chi connectivity index (χ4n) is 22.6. The third kappa shape index (κ3) is 7.36. The van der Waals surface area contributed by atoms with Gasteiger partial charge in [0.15, 0.2) is 0 Å². The molecule has 0 radical (unpaired) electrons. The van der Waals surface area contributed by atoms with Crippen LogP contribution in [0.5, 0.6) is 0 Å². The van der Waals surface area contributed by atoms with Crippen LogP contribution in [0.4, 0.5) is 17.1 Å². The molecular weight excluding hydrogens is 1360 g/mol. The first-order valence-corrected chi connectivity index (χ1v) is 39.4. The minimum atomic E-state index is -0.749. The molecule has 17 aromatic carbocycles. The van der Waals surface area contributed by atoms with Crippen LogP contribution in [0.2, 0.25) is 0 Å². The first-order chi connectivity index (χ1) is 55.1. The zero-order valence-corrected chi connectivity index (χ0v) is 61.9. The van der Waals surface area contributed by atoms with E-state index in [1.807, 2.05) is 0 Å². The molecule has 0 saturated carbocycles. The zero-order chi connectivity index (χ0) is 73.6. The number of hydrogen-bond donors (Lipinski definition) is 0. The Kier molecular flexibility index (Phi) is 11.5. The van der Waals surface area contributed by atoms with Gasteiger partial charge in [0.25, 0.3) is 0 Å². The van der Waals surface area contributed by atoms with Gasteiger partial charge in [-0.1, -0.05) is 276 Å².